The first kappa shape index (κ1) is 16.1. The number of hydrogen-bond acceptors (Lipinski definition) is 4. The third-order valence-electron chi connectivity index (χ3n) is 2.57. The Morgan fingerprint density at radius 2 is 2.19 bits per heavy atom. The zero-order valence-electron chi connectivity index (χ0n) is 9.81. The molecular formula is C9H21ClN2O3S. The SMILES string of the molecule is CNCCN(C)S(=O)(=O)CC1CCCO1.Cl. The van der Waals surface area contributed by atoms with E-state index < -0.39 is 10.0 Å². The predicted molar refractivity (Wildman–Crippen MR) is 66.6 cm³/mol. The first-order chi connectivity index (χ1) is 7.06. The van der Waals surface area contributed by atoms with Crippen molar-refractivity contribution in [2.75, 3.05) is 39.5 Å². The standard InChI is InChI=1S/C9H20N2O3S.ClH/c1-10-5-6-11(2)15(12,13)8-9-4-3-7-14-9;/h9-10H,3-8H2,1-2H3;1H. The molecular weight excluding hydrogens is 252 g/mol. The molecule has 1 saturated heterocycles. The van der Waals surface area contributed by atoms with Crippen molar-refractivity contribution in [2.24, 2.45) is 0 Å². The van der Waals surface area contributed by atoms with Gasteiger partial charge in [-0.3, -0.25) is 0 Å². The van der Waals surface area contributed by atoms with Crippen LogP contribution in [-0.2, 0) is 14.8 Å². The zero-order valence-corrected chi connectivity index (χ0v) is 11.4. The summed E-state index contributed by atoms with van der Waals surface area (Å²) in [4.78, 5) is 0. The van der Waals surface area contributed by atoms with Crippen LogP contribution >= 0.6 is 12.4 Å². The van der Waals surface area contributed by atoms with E-state index in [9.17, 15) is 8.42 Å². The lowest BCUT2D eigenvalue weighted by Crippen LogP contribution is -2.37. The van der Waals surface area contributed by atoms with Gasteiger partial charge in [0.25, 0.3) is 0 Å². The molecule has 1 aliphatic rings. The maximum Gasteiger partial charge on any atom is 0.216 e. The molecule has 0 bridgehead atoms. The summed E-state index contributed by atoms with van der Waals surface area (Å²) in [6.45, 7) is 1.87. The highest BCUT2D eigenvalue weighted by Crippen LogP contribution is 2.15. The number of ether oxygens (including phenoxy) is 1. The Hall–Kier alpha value is 0.120. The highest BCUT2D eigenvalue weighted by atomic mass is 35.5. The van der Waals surface area contributed by atoms with Gasteiger partial charge in [-0.2, -0.15) is 0 Å². The molecule has 98 valence electrons. The fourth-order valence-electron chi connectivity index (χ4n) is 1.55. The number of likely N-dealkylation sites (N-methyl/N-ethyl adjacent to an activating group) is 2. The normalized spacial score (nSPS) is 21.1. The molecule has 1 heterocycles. The van der Waals surface area contributed by atoms with Crippen LogP contribution in [0.1, 0.15) is 12.8 Å². The fraction of sp³-hybridized carbons (Fsp3) is 1.00. The molecule has 0 radical (unpaired) electrons. The molecule has 16 heavy (non-hydrogen) atoms. The van der Waals surface area contributed by atoms with Gasteiger partial charge in [-0.05, 0) is 19.9 Å². The molecule has 1 N–H and O–H groups in total. The van der Waals surface area contributed by atoms with Crippen LogP contribution in [0.25, 0.3) is 0 Å². The smallest absolute Gasteiger partial charge is 0.216 e. The summed E-state index contributed by atoms with van der Waals surface area (Å²) in [5, 5.41) is 2.93. The van der Waals surface area contributed by atoms with Crippen LogP contribution in [0.5, 0.6) is 0 Å². The maximum absolute atomic E-state index is 11.8. The van der Waals surface area contributed by atoms with Gasteiger partial charge in [0, 0.05) is 26.7 Å². The summed E-state index contributed by atoms with van der Waals surface area (Å²) in [5.41, 5.74) is 0. The van der Waals surface area contributed by atoms with Gasteiger partial charge in [-0.15, -0.1) is 12.4 Å². The monoisotopic (exact) mass is 272 g/mol. The molecule has 5 nitrogen and oxygen atoms in total. The fourth-order valence-corrected chi connectivity index (χ4v) is 2.90. The summed E-state index contributed by atoms with van der Waals surface area (Å²) < 4.78 is 30.3. The van der Waals surface area contributed by atoms with Gasteiger partial charge in [0.05, 0.1) is 11.9 Å². The lowest BCUT2D eigenvalue weighted by atomic mass is 10.3. The second-order valence-corrected chi connectivity index (χ2v) is 5.96. The maximum atomic E-state index is 11.8. The van der Waals surface area contributed by atoms with E-state index in [1.54, 1.807) is 14.1 Å². The highest BCUT2D eigenvalue weighted by molar-refractivity contribution is 7.89. The van der Waals surface area contributed by atoms with Gasteiger partial charge >= 0.3 is 0 Å². The quantitative estimate of drug-likeness (QED) is 0.743. The second kappa shape index (κ2) is 7.45. The average molecular weight is 273 g/mol. The van der Waals surface area contributed by atoms with Crippen LogP contribution in [0.3, 0.4) is 0 Å². The van der Waals surface area contributed by atoms with Crippen LogP contribution < -0.4 is 5.32 Å². The third kappa shape index (κ3) is 4.97. The number of halogens is 1. The van der Waals surface area contributed by atoms with Crippen molar-refractivity contribution >= 4 is 22.4 Å². The minimum Gasteiger partial charge on any atom is -0.377 e. The molecule has 0 aromatic carbocycles. The molecule has 0 saturated carbocycles. The van der Waals surface area contributed by atoms with Crippen molar-refractivity contribution in [1.82, 2.24) is 9.62 Å². The molecule has 1 aliphatic heterocycles. The topological polar surface area (TPSA) is 58.6 Å². The van der Waals surface area contributed by atoms with E-state index in [0.717, 1.165) is 12.8 Å². The summed E-state index contributed by atoms with van der Waals surface area (Å²) >= 11 is 0. The summed E-state index contributed by atoms with van der Waals surface area (Å²) in [6, 6.07) is 0. The van der Waals surface area contributed by atoms with Crippen LogP contribution in [0.4, 0.5) is 0 Å². The van der Waals surface area contributed by atoms with E-state index in [1.807, 2.05) is 0 Å². The Labute approximate surface area is 104 Å². The zero-order chi connectivity index (χ0) is 11.3. The van der Waals surface area contributed by atoms with Crippen LogP contribution in [0.15, 0.2) is 0 Å². The first-order valence-electron chi connectivity index (χ1n) is 5.26. The third-order valence-corrected chi connectivity index (χ3v) is 4.50. The van der Waals surface area contributed by atoms with Gasteiger partial charge in [0.2, 0.25) is 10.0 Å². The highest BCUT2D eigenvalue weighted by Gasteiger charge is 2.26. The molecule has 0 spiro atoms. The van der Waals surface area contributed by atoms with E-state index in [0.29, 0.717) is 19.7 Å². The Morgan fingerprint density at radius 1 is 1.50 bits per heavy atom. The van der Waals surface area contributed by atoms with Gasteiger partial charge in [-0.1, -0.05) is 0 Å². The minimum absolute atomic E-state index is 0. The van der Waals surface area contributed by atoms with Gasteiger partial charge in [-0.25, -0.2) is 12.7 Å². The van der Waals surface area contributed by atoms with Crippen LogP contribution in [-0.4, -0.2) is 58.4 Å². The molecule has 1 atom stereocenters. The minimum atomic E-state index is -3.15. The number of nitrogens with zero attached hydrogens (tertiary/aromatic N) is 1. The van der Waals surface area contributed by atoms with E-state index in [-0.39, 0.29) is 24.3 Å². The summed E-state index contributed by atoms with van der Waals surface area (Å²) in [6.07, 6.45) is 1.73. The van der Waals surface area contributed by atoms with Crippen molar-refractivity contribution in [2.45, 2.75) is 18.9 Å². The number of nitrogens with one attached hydrogen (secondary N) is 1. The first-order valence-corrected chi connectivity index (χ1v) is 6.87. The Bertz CT molecular complexity index is 278. The number of rotatable bonds is 6. The van der Waals surface area contributed by atoms with Crippen LogP contribution in [0, 0.1) is 0 Å². The van der Waals surface area contributed by atoms with Crippen molar-refractivity contribution < 1.29 is 13.2 Å². The van der Waals surface area contributed by atoms with Crippen molar-refractivity contribution in [3.63, 3.8) is 0 Å². The lowest BCUT2D eigenvalue weighted by molar-refractivity contribution is 0.126. The number of hydrogen-bond donors (Lipinski definition) is 1. The Balaban J connectivity index is 0.00000225. The molecule has 1 rings (SSSR count). The van der Waals surface area contributed by atoms with Crippen LogP contribution in [0.2, 0.25) is 0 Å². The molecule has 0 aliphatic carbocycles. The Morgan fingerprint density at radius 3 is 2.69 bits per heavy atom. The Kier molecular flexibility index (Phi) is 7.50. The molecule has 7 heteroatoms. The summed E-state index contributed by atoms with van der Waals surface area (Å²) in [5.74, 6) is 0.118. The number of sulfonamides is 1. The van der Waals surface area contributed by atoms with Crippen molar-refractivity contribution in [3.8, 4) is 0 Å². The molecule has 0 amide bonds. The second-order valence-electron chi connectivity index (χ2n) is 3.84. The lowest BCUT2D eigenvalue weighted by Gasteiger charge is -2.19. The van der Waals surface area contributed by atoms with E-state index in [4.69, 9.17) is 4.74 Å². The van der Waals surface area contributed by atoms with Gasteiger partial charge in [0.15, 0.2) is 0 Å². The molecule has 1 fully saturated rings. The predicted octanol–water partition coefficient (Wildman–Crippen LogP) is 0.0682. The molecule has 0 aromatic heterocycles. The van der Waals surface area contributed by atoms with Gasteiger partial charge < -0.3 is 10.1 Å². The molecule has 1 unspecified atom stereocenters. The van der Waals surface area contributed by atoms with E-state index in [2.05, 4.69) is 5.32 Å². The van der Waals surface area contributed by atoms with Crippen molar-refractivity contribution in [1.29, 1.82) is 0 Å². The molecule has 0 aromatic rings. The van der Waals surface area contributed by atoms with Gasteiger partial charge in [0.1, 0.15) is 0 Å². The van der Waals surface area contributed by atoms with Crippen molar-refractivity contribution in [3.05, 3.63) is 0 Å². The van der Waals surface area contributed by atoms with E-state index in [1.165, 1.54) is 4.31 Å². The summed E-state index contributed by atoms with van der Waals surface area (Å²) in [7, 11) is 0.271. The average Bonchev–Trinajstić information content (AvgIpc) is 2.65. The largest absolute Gasteiger partial charge is 0.377 e. The van der Waals surface area contributed by atoms with E-state index >= 15 is 0 Å².